The van der Waals surface area contributed by atoms with E-state index in [1.54, 1.807) is 19.2 Å². The molecule has 0 saturated carbocycles. The van der Waals surface area contributed by atoms with E-state index in [-0.39, 0.29) is 29.8 Å². The van der Waals surface area contributed by atoms with Crippen LogP contribution in [0.25, 0.3) is 0 Å². The van der Waals surface area contributed by atoms with Gasteiger partial charge < -0.3 is 20.3 Å². The quantitative estimate of drug-likeness (QED) is 0.364. The lowest BCUT2D eigenvalue weighted by Gasteiger charge is -2.29. The first-order valence-electron chi connectivity index (χ1n) is 9.22. The molecule has 1 aromatic heterocycles. The standard InChI is InChI=1S/C20H26FN5O.HI/c1-22-20(24-9-7-16-4-2-6-18(21)14-16)25-15-17-5-3-8-23-19(17)26-10-12-27-13-11-26;/h2-6,8,14H,7,9-13,15H2,1H3,(H2,22,24,25);1H. The smallest absolute Gasteiger partial charge is 0.191 e. The molecule has 0 amide bonds. The van der Waals surface area contributed by atoms with Gasteiger partial charge in [0.15, 0.2) is 5.96 Å². The van der Waals surface area contributed by atoms with Crippen molar-refractivity contribution in [2.75, 3.05) is 44.8 Å². The Balaban J connectivity index is 0.00000280. The first-order chi connectivity index (χ1) is 13.3. The lowest BCUT2D eigenvalue weighted by Crippen LogP contribution is -2.40. The molecule has 0 unspecified atom stereocenters. The van der Waals surface area contributed by atoms with E-state index in [1.807, 2.05) is 18.3 Å². The molecule has 1 saturated heterocycles. The van der Waals surface area contributed by atoms with E-state index in [0.29, 0.717) is 19.0 Å². The van der Waals surface area contributed by atoms with E-state index in [4.69, 9.17) is 4.74 Å². The summed E-state index contributed by atoms with van der Waals surface area (Å²) in [6.45, 7) is 4.46. The maximum absolute atomic E-state index is 13.2. The Labute approximate surface area is 182 Å². The largest absolute Gasteiger partial charge is 0.378 e. The number of guanidine groups is 1. The summed E-state index contributed by atoms with van der Waals surface area (Å²) < 4.78 is 18.7. The van der Waals surface area contributed by atoms with Crippen molar-refractivity contribution in [3.05, 3.63) is 59.5 Å². The summed E-state index contributed by atoms with van der Waals surface area (Å²) in [6, 6.07) is 10.7. The second kappa shape index (κ2) is 11.8. The van der Waals surface area contributed by atoms with Crippen molar-refractivity contribution in [1.82, 2.24) is 15.6 Å². The lowest BCUT2D eigenvalue weighted by molar-refractivity contribution is 0.122. The molecule has 1 aliphatic rings. The van der Waals surface area contributed by atoms with Gasteiger partial charge in [0.05, 0.1) is 13.2 Å². The summed E-state index contributed by atoms with van der Waals surface area (Å²) in [7, 11) is 1.74. The van der Waals surface area contributed by atoms with Crippen LogP contribution < -0.4 is 15.5 Å². The Hall–Kier alpha value is -1.94. The number of hydrogen-bond donors (Lipinski definition) is 2. The van der Waals surface area contributed by atoms with Gasteiger partial charge in [-0.05, 0) is 30.2 Å². The Kier molecular flexibility index (Phi) is 9.42. The van der Waals surface area contributed by atoms with E-state index in [2.05, 4.69) is 31.6 Å². The van der Waals surface area contributed by atoms with Crippen LogP contribution in [-0.2, 0) is 17.7 Å². The lowest BCUT2D eigenvalue weighted by atomic mass is 10.1. The van der Waals surface area contributed by atoms with Gasteiger partial charge >= 0.3 is 0 Å². The van der Waals surface area contributed by atoms with Crippen molar-refractivity contribution in [2.24, 2.45) is 4.99 Å². The van der Waals surface area contributed by atoms with Crippen LogP contribution in [0.2, 0.25) is 0 Å². The fourth-order valence-electron chi connectivity index (χ4n) is 3.05. The Morgan fingerprint density at radius 1 is 1.21 bits per heavy atom. The van der Waals surface area contributed by atoms with Gasteiger partial charge in [0, 0.05) is 45.0 Å². The number of aliphatic imine (C=N–C) groups is 1. The average molecular weight is 499 g/mol. The van der Waals surface area contributed by atoms with Crippen LogP contribution in [0.3, 0.4) is 0 Å². The molecule has 1 fully saturated rings. The molecule has 8 heteroatoms. The van der Waals surface area contributed by atoms with E-state index >= 15 is 0 Å². The number of rotatable bonds is 6. The summed E-state index contributed by atoms with van der Waals surface area (Å²) in [4.78, 5) is 11.1. The number of pyridine rings is 1. The molecule has 0 atom stereocenters. The third-order valence-electron chi connectivity index (χ3n) is 4.44. The number of hydrogen-bond acceptors (Lipinski definition) is 4. The van der Waals surface area contributed by atoms with Gasteiger partial charge in [-0.25, -0.2) is 9.37 Å². The van der Waals surface area contributed by atoms with Crippen molar-refractivity contribution in [2.45, 2.75) is 13.0 Å². The third kappa shape index (κ3) is 6.59. The van der Waals surface area contributed by atoms with Crippen LogP contribution >= 0.6 is 24.0 Å². The summed E-state index contributed by atoms with van der Waals surface area (Å²) >= 11 is 0. The van der Waals surface area contributed by atoms with Crippen molar-refractivity contribution in [1.29, 1.82) is 0 Å². The van der Waals surface area contributed by atoms with E-state index in [1.165, 1.54) is 6.07 Å². The predicted octanol–water partition coefficient (Wildman–Crippen LogP) is 2.58. The summed E-state index contributed by atoms with van der Waals surface area (Å²) in [6.07, 6.45) is 2.55. The van der Waals surface area contributed by atoms with Crippen LogP contribution in [0.15, 0.2) is 47.6 Å². The molecule has 0 bridgehead atoms. The van der Waals surface area contributed by atoms with Gasteiger partial charge in [0.25, 0.3) is 0 Å². The maximum Gasteiger partial charge on any atom is 0.191 e. The second-order valence-corrected chi connectivity index (χ2v) is 6.32. The zero-order valence-electron chi connectivity index (χ0n) is 16.0. The number of ether oxygens (including phenoxy) is 1. The van der Waals surface area contributed by atoms with Crippen LogP contribution in [0.5, 0.6) is 0 Å². The summed E-state index contributed by atoms with van der Waals surface area (Å²) in [5.74, 6) is 1.49. The normalized spacial score (nSPS) is 14.4. The number of anilines is 1. The molecule has 0 spiro atoms. The molecule has 3 rings (SSSR count). The van der Waals surface area contributed by atoms with Gasteiger partial charge in [-0.1, -0.05) is 18.2 Å². The molecular weight excluding hydrogens is 472 g/mol. The molecule has 2 heterocycles. The van der Waals surface area contributed by atoms with Crippen LogP contribution in [0.4, 0.5) is 10.2 Å². The highest BCUT2D eigenvalue weighted by Crippen LogP contribution is 2.18. The number of benzene rings is 1. The van der Waals surface area contributed by atoms with Crippen LogP contribution in [-0.4, -0.2) is 50.8 Å². The molecule has 28 heavy (non-hydrogen) atoms. The molecule has 0 radical (unpaired) electrons. The predicted molar refractivity (Wildman–Crippen MR) is 121 cm³/mol. The van der Waals surface area contributed by atoms with E-state index in [0.717, 1.165) is 49.7 Å². The minimum absolute atomic E-state index is 0. The van der Waals surface area contributed by atoms with E-state index < -0.39 is 0 Å². The molecule has 1 aliphatic heterocycles. The van der Waals surface area contributed by atoms with Crippen molar-refractivity contribution < 1.29 is 9.13 Å². The topological polar surface area (TPSA) is 61.8 Å². The average Bonchev–Trinajstić information content (AvgIpc) is 2.71. The molecule has 6 nitrogen and oxygen atoms in total. The number of nitrogens with one attached hydrogen (secondary N) is 2. The molecule has 1 aromatic carbocycles. The highest BCUT2D eigenvalue weighted by molar-refractivity contribution is 14.0. The Morgan fingerprint density at radius 3 is 2.79 bits per heavy atom. The van der Waals surface area contributed by atoms with Gasteiger partial charge in [0.1, 0.15) is 11.6 Å². The van der Waals surface area contributed by atoms with Crippen LogP contribution in [0.1, 0.15) is 11.1 Å². The third-order valence-corrected chi connectivity index (χ3v) is 4.44. The number of halogens is 2. The van der Waals surface area contributed by atoms with Gasteiger partial charge in [-0.2, -0.15) is 0 Å². The Morgan fingerprint density at radius 2 is 2.04 bits per heavy atom. The maximum atomic E-state index is 13.2. The van der Waals surface area contributed by atoms with Gasteiger partial charge in [-0.3, -0.25) is 4.99 Å². The van der Waals surface area contributed by atoms with Crippen LogP contribution in [0, 0.1) is 5.82 Å². The number of aromatic nitrogens is 1. The van der Waals surface area contributed by atoms with Crippen molar-refractivity contribution in [3.63, 3.8) is 0 Å². The minimum atomic E-state index is -0.206. The zero-order valence-corrected chi connectivity index (χ0v) is 18.4. The second-order valence-electron chi connectivity index (χ2n) is 6.32. The molecular formula is C20H27FIN5O. The monoisotopic (exact) mass is 499 g/mol. The van der Waals surface area contributed by atoms with Crippen molar-refractivity contribution in [3.8, 4) is 0 Å². The fourth-order valence-corrected chi connectivity index (χ4v) is 3.05. The minimum Gasteiger partial charge on any atom is -0.378 e. The molecule has 0 aliphatic carbocycles. The summed E-state index contributed by atoms with van der Waals surface area (Å²) in [5.41, 5.74) is 2.08. The molecule has 2 N–H and O–H groups in total. The molecule has 152 valence electrons. The van der Waals surface area contributed by atoms with Crippen molar-refractivity contribution >= 4 is 35.8 Å². The Bertz CT molecular complexity index is 768. The first kappa shape index (κ1) is 22.4. The SMILES string of the molecule is CN=C(NCCc1cccc(F)c1)NCc1cccnc1N1CCOCC1.I. The first-order valence-corrected chi connectivity index (χ1v) is 9.22. The fraction of sp³-hybridized carbons (Fsp3) is 0.400. The van der Waals surface area contributed by atoms with Gasteiger partial charge in [-0.15, -0.1) is 24.0 Å². The van der Waals surface area contributed by atoms with Gasteiger partial charge in [0.2, 0.25) is 0 Å². The summed E-state index contributed by atoms with van der Waals surface area (Å²) in [5, 5.41) is 6.60. The molecule has 2 aromatic rings. The number of nitrogens with zero attached hydrogens (tertiary/aromatic N) is 3. The van der Waals surface area contributed by atoms with E-state index in [9.17, 15) is 4.39 Å². The highest BCUT2D eigenvalue weighted by atomic mass is 127. The number of morpholine rings is 1. The highest BCUT2D eigenvalue weighted by Gasteiger charge is 2.15. The zero-order chi connectivity index (χ0) is 18.9.